The van der Waals surface area contributed by atoms with Gasteiger partial charge in [-0.1, -0.05) is 46.7 Å². The molecule has 0 amide bonds. The first-order chi connectivity index (χ1) is 14.8. The van der Waals surface area contributed by atoms with Gasteiger partial charge in [0.2, 0.25) is 11.7 Å². The van der Waals surface area contributed by atoms with Crippen LogP contribution in [0, 0.1) is 0 Å². The molecule has 0 aliphatic carbocycles. The molecule has 0 spiro atoms. The van der Waals surface area contributed by atoms with Gasteiger partial charge in [0, 0.05) is 44.4 Å². The average molecular weight is 422 g/mol. The monoisotopic (exact) mass is 421 g/mol. The molecule has 1 fully saturated rings. The third-order valence-corrected chi connectivity index (χ3v) is 6.38. The highest BCUT2D eigenvalue weighted by molar-refractivity contribution is 7.13. The highest BCUT2D eigenvalue weighted by atomic mass is 32.1. The van der Waals surface area contributed by atoms with Crippen LogP contribution in [0.5, 0.6) is 0 Å². The van der Waals surface area contributed by atoms with Crippen molar-refractivity contribution in [3.8, 4) is 22.0 Å². The SMILES string of the molecule is CC(c1nc(-c2ccccc2)no1)N1CCN(Cc2cc(-c3cccs3)on2)CC1. The molecule has 1 aromatic carbocycles. The molecule has 0 radical (unpaired) electrons. The normalized spacial score (nSPS) is 16.7. The van der Waals surface area contributed by atoms with Gasteiger partial charge in [0.1, 0.15) is 0 Å². The Labute approximate surface area is 178 Å². The van der Waals surface area contributed by atoms with E-state index in [1.54, 1.807) is 11.3 Å². The Bertz CT molecular complexity index is 1070. The first-order valence-electron chi connectivity index (χ1n) is 10.1. The zero-order chi connectivity index (χ0) is 20.3. The van der Waals surface area contributed by atoms with E-state index in [2.05, 4.69) is 38.1 Å². The second-order valence-electron chi connectivity index (χ2n) is 7.47. The molecule has 1 aliphatic heterocycles. The number of aromatic nitrogens is 3. The fourth-order valence-corrected chi connectivity index (χ4v) is 4.40. The van der Waals surface area contributed by atoms with Gasteiger partial charge in [-0.05, 0) is 18.4 Å². The van der Waals surface area contributed by atoms with Crippen LogP contribution in [0.3, 0.4) is 0 Å². The maximum absolute atomic E-state index is 5.56. The van der Waals surface area contributed by atoms with Gasteiger partial charge < -0.3 is 9.05 Å². The maximum atomic E-state index is 5.56. The Hall–Kier alpha value is -2.81. The van der Waals surface area contributed by atoms with Gasteiger partial charge in [-0.3, -0.25) is 9.80 Å². The molecule has 1 aliphatic rings. The lowest BCUT2D eigenvalue weighted by Crippen LogP contribution is -2.46. The number of hydrogen-bond donors (Lipinski definition) is 0. The molecule has 30 heavy (non-hydrogen) atoms. The molecule has 4 heterocycles. The number of rotatable bonds is 6. The summed E-state index contributed by atoms with van der Waals surface area (Å²) in [7, 11) is 0. The zero-order valence-electron chi connectivity index (χ0n) is 16.8. The Balaban J connectivity index is 1.17. The summed E-state index contributed by atoms with van der Waals surface area (Å²) >= 11 is 1.66. The van der Waals surface area contributed by atoms with E-state index in [-0.39, 0.29) is 6.04 Å². The molecule has 8 heteroatoms. The van der Waals surface area contributed by atoms with Crippen LogP contribution in [0.2, 0.25) is 0 Å². The van der Waals surface area contributed by atoms with E-state index >= 15 is 0 Å². The molecule has 1 saturated heterocycles. The highest BCUT2D eigenvalue weighted by Crippen LogP contribution is 2.26. The summed E-state index contributed by atoms with van der Waals surface area (Å²) in [5.41, 5.74) is 1.95. The van der Waals surface area contributed by atoms with Crippen molar-refractivity contribution >= 4 is 11.3 Å². The smallest absolute Gasteiger partial charge is 0.244 e. The van der Waals surface area contributed by atoms with Gasteiger partial charge in [0.05, 0.1) is 16.6 Å². The van der Waals surface area contributed by atoms with Crippen molar-refractivity contribution in [1.29, 1.82) is 0 Å². The fourth-order valence-electron chi connectivity index (χ4n) is 3.72. The molecule has 4 aromatic rings. The lowest BCUT2D eigenvalue weighted by molar-refractivity contribution is 0.0833. The van der Waals surface area contributed by atoms with Gasteiger partial charge >= 0.3 is 0 Å². The van der Waals surface area contributed by atoms with E-state index in [0.29, 0.717) is 11.7 Å². The van der Waals surface area contributed by atoms with Crippen molar-refractivity contribution < 1.29 is 9.05 Å². The fraction of sp³-hybridized carbons (Fsp3) is 0.318. The minimum Gasteiger partial charge on any atom is -0.355 e. The van der Waals surface area contributed by atoms with E-state index in [9.17, 15) is 0 Å². The summed E-state index contributed by atoms with van der Waals surface area (Å²) in [4.78, 5) is 10.5. The first kappa shape index (κ1) is 19.2. The largest absolute Gasteiger partial charge is 0.355 e. The van der Waals surface area contributed by atoms with Crippen LogP contribution >= 0.6 is 11.3 Å². The van der Waals surface area contributed by atoms with Crippen molar-refractivity contribution in [3.63, 3.8) is 0 Å². The summed E-state index contributed by atoms with van der Waals surface area (Å²) < 4.78 is 11.1. The molecule has 3 aromatic heterocycles. The number of thiophene rings is 1. The summed E-state index contributed by atoms with van der Waals surface area (Å²) in [6.45, 7) is 6.74. The lowest BCUT2D eigenvalue weighted by Gasteiger charge is -2.36. The third-order valence-electron chi connectivity index (χ3n) is 5.49. The van der Waals surface area contributed by atoms with Gasteiger partial charge in [-0.2, -0.15) is 4.98 Å². The quantitative estimate of drug-likeness (QED) is 0.459. The molecule has 0 saturated carbocycles. The average Bonchev–Trinajstić information content (AvgIpc) is 3.56. The van der Waals surface area contributed by atoms with E-state index in [4.69, 9.17) is 9.05 Å². The predicted octanol–water partition coefficient (Wildman–Crippen LogP) is 4.33. The second-order valence-corrected chi connectivity index (χ2v) is 8.42. The van der Waals surface area contributed by atoms with Crippen LogP contribution in [0.1, 0.15) is 24.6 Å². The van der Waals surface area contributed by atoms with Gasteiger partial charge in [0.25, 0.3) is 0 Å². The van der Waals surface area contributed by atoms with Crippen LogP contribution in [-0.4, -0.2) is 51.3 Å². The van der Waals surface area contributed by atoms with E-state index in [1.807, 2.05) is 47.8 Å². The Morgan fingerprint density at radius 3 is 2.60 bits per heavy atom. The van der Waals surface area contributed by atoms with E-state index in [0.717, 1.165) is 54.6 Å². The Kier molecular flexibility index (Phi) is 5.44. The van der Waals surface area contributed by atoms with Crippen LogP contribution in [0.15, 0.2) is 63.0 Å². The molecule has 0 bridgehead atoms. The minimum absolute atomic E-state index is 0.0922. The van der Waals surface area contributed by atoms with Gasteiger partial charge in [-0.15, -0.1) is 11.3 Å². The van der Waals surface area contributed by atoms with Crippen LogP contribution in [0.4, 0.5) is 0 Å². The van der Waals surface area contributed by atoms with E-state index in [1.165, 1.54) is 0 Å². The van der Waals surface area contributed by atoms with E-state index < -0.39 is 0 Å². The summed E-state index contributed by atoms with van der Waals surface area (Å²) in [5.74, 6) is 2.15. The lowest BCUT2D eigenvalue weighted by atomic mass is 10.2. The molecule has 0 N–H and O–H groups in total. The zero-order valence-corrected chi connectivity index (χ0v) is 17.6. The first-order valence-corrected chi connectivity index (χ1v) is 11.0. The van der Waals surface area contributed by atoms with Gasteiger partial charge in [0.15, 0.2) is 5.76 Å². The number of piperazine rings is 1. The topological polar surface area (TPSA) is 71.4 Å². The van der Waals surface area contributed by atoms with Crippen molar-refractivity contribution in [2.24, 2.45) is 0 Å². The minimum atomic E-state index is 0.0922. The van der Waals surface area contributed by atoms with Crippen molar-refractivity contribution in [2.45, 2.75) is 19.5 Å². The molecule has 1 unspecified atom stereocenters. The Morgan fingerprint density at radius 1 is 1.00 bits per heavy atom. The number of benzene rings is 1. The summed E-state index contributed by atoms with van der Waals surface area (Å²) in [6.07, 6.45) is 0. The maximum Gasteiger partial charge on any atom is 0.244 e. The second kappa shape index (κ2) is 8.51. The predicted molar refractivity (Wildman–Crippen MR) is 115 cm³/mol. The van der Waals surface area contributed by atoms with Crippen LogP contribution < -0.4 is 0 Å². The molecule has 5 rings (SSSR count). The van der Waals surface area contributed by atoms with Crippen LogP contribution in [0.25, 0.3) is 22.0 Å². The standard InChI is InChI=1S/C22H23N5O2S/c1-16(22-23-21(25-29-22)17-6-3-2-4-7-17)27-11-9-26(10-12-27)15-18-14-19(28-24-18)20-8-5-13-30-20/h2-8,13-14,16H,9-12,15H2,1H3. The van der Waals surface area contributed by atoms with Crippen molar-refractivity contribution in [1.82, 2.24) is 25.1 Å². The molecule has 1 atom stereocenters. The number of hydrogen-bond acceptors (Lipinski definition) is 8. The molecular formula is C22H23N5O2S. The molecular weight excluding hydrogens is 398 g/mol. The Morgan fingerprint density at radius 2 is 1.83 bits per heavy atom. The summed E-state index contributed by atoms with van der Waals surface area (Å²) in [5, 5.41) is 10.4. The van der Waals surface area contributed by atoms with Crippen molar-refractivity contribution in [3.05, 3.63) is 65.5 Å². The van der Waals surface area contributed by atoms with Gasteiger partial charge in [-0.25, -0.2) is 0 Å². The molecule has 154 valence electrons. The van der Waals surface area contributed by atoms with Crippen molar-refractivity contribution in [2.75, 3.05) is 26.2 Å². The van der Waals surface area contributed by atoms with Crippen LogP contribution in [-0.2, 0) is 6.54 Å². The number of nitrogens with zero attached hydrogens (tertiary/aromatic N) is 5. The third kappa shape index (κ3) is 4.07. The molecule has 7 nitrogen and oxygen atoms in total. The highest BCUT2D eigenvalue weighted by Gasteiger charge is 2.26. The summed E-state index contributed by atoms with van der Waals surface area (Å²) in [6, 6.07) is 16.1.